The molecule has 11 nitrogen and oxygen atoms in total. The van der Waals surface area contributed by atoms with Crippen molar-refractivity contribution in [3.05, 3.63) is 80.8 Å². The van der Waals surface area contributed by atoms with Crippen LogP contribution in [0.2, 0.25) is 5.02 Å². The fourth-order valence-corrected chi connectivity index (χ4v) is 5.53. The molecule has 41 heavy (non-hydrogen) atoms. The van der Waals surface area contributed by atoms with E-state index in [1.807, 2.05) is 0 Å². The van der Waals surface area contributed by atoms with Gasteiger partial charge in [0.25, 0.3) is 15.7 Å². The van der Waals surface area contributed by atoms with Crippen molar-refractivity contribution < 1.29 is 32.4 Å². The number of hydrogen-bond acceptors (Lipinski definition) is 8. The fourth-order valence-electron chi connectivity index (χ4n) is 3.61. The van der Waals surface area contributed by atoms with Crippen LogP contribution in [0.4, 0.5) is 10.5 Å². The van der Waals surface area contributed by atoms with Gasteiger partial charge in [0, 0.05) is 28.7 Å². The van der Waals surface area contributed by atoms with Crippen molar-refractivity contribution in [2.24, 2.45) is 0 Å². The third kappa shape index (κ3) is 10.4. The highest BCUT2D eigenvalue weighted by molar-refractivity contribution is 7.89. The van der Waals surface area contributed by atoms with E-state index in [2.05, 4.69) is 17.2 Å². The number of nitrogens with one attached hydrogen (secondary N) is 1. The van der Waals surface area contributed by atoms with E-state index in [4.69, 9.17) is 32.7 Å². The topological polar surface area (TPSA) is 145 Å². The molecule has 0 saturated heterocycles. The molecule has 2 rings (SSSR count). The van der Waals surface area contributed by atoms with E-state index in [1.165, 1.54) is 18.2 Å². The number of hydrogen-bond donors (Lipinski definition) is 1. The summed E-state index contributed by atoms with van der Waals surface area (Å²) in [6.45, 7) is 1.24. The number of alkyl carbamates (subject to hydrolysis) is 1. The summed E-state index contributed by atoms with van der Waals surface area (Å²) in [5.41, 5.74) is 1.13. The number of rotatable bonds is 14. The van der Waals surface area contributed by atoms with Crippen LogP contribution in [0.1, 0.15) is 31.7 Å². The maximum atomic E-state index is 13.7. The number of para-hydroxylation sites is 1. The smallest absolute Gasteiger partial charge is 0.407 e. The van der Waals surface area contributed by atoms with Crippen LogP contribution in [0.15, 0.2) is 65.0 Å². The Morgan fingerprint density at radius 2 is 1.85 bits per heavy atom. The first-order valence-electron chi connectivity index (χ1n) is 12.4. The van der Waals surface area contributed by atoms with Gasteiger partial charge in [-0.25, -0.2) is 13.2 Å². The highest BCUT2D eigenvalue weighted by atomic mass is 35.5. The molecule has 0 saturated carbocycles. The molecule has 0 aliphatic carbocycles. The summed E-state index contributed by atoms with van der Waals surface area (Å²) >= 11 is 11.5. The number of nitrogens with zero attached hydrogens (tertiary/aromatic N) is 2. The second-order valence-corrected chi connectivity index (χ2v) is 10.8. The number of sulfonamides is 1. The summed E-state index contributed by atoms with van der Waals surface area (Å²) in [4.78, 5) is 35.2. The minimum atomic E-state index is -4.59. The maximum Gasteiger partial charge on any atom is 0.407 e. The molecule has 0 unspecified atom stereocenters. The summed E-state index contributed by atoms with van der Waals surface area (Å²) in [6, 6.07) is 10.4. The fraction of sp³-hybridized carbons (Fsp3) is 0.333. The van der Waals surface area contributed by atoms with Crippen molar-refractivity contribution in [3.63, 3.8) is 0 Å². The van der Waals surface area contributed by atoms with E-state index in [0.29, 0.717) is 17.0 Å². The van der Waals surface area contributed by atoms with Crippen molar-refractivity contribution in [1.29, 1.82) is 0 Å². The van der Waals surface area contributed by atoms with Crippen molar-refractivity contribution >= 4 is 51.0 Å². The number of allylic oxidation sites excluding steroid dienone is 1. The zero-order valence-corrected chi connectivity index (χ0v) is 24.5. The number of nitro groups is 1. The number of esters is 1. The molecular formula is C27H29Cl2N3O8S. The number of benzene rings is 2. The molecule has 2 aromatic carbocycles. The quantitative estimate of drug-likeness (QED) is 0.101. The maximum absolute atomic E-state index is 13.7. The molecule has 0 bridgehead atoms. The van der Waals surface area contributed by atoms with Crippen LogP contribution in [0.25, 0.3) is 0 Å². The Bertz CT molecular complexity index is 1410. The van der Waals surface area contributed by atoms with Gasteiger partial charge in [-0.2, -0.15) is 4.31 Å². The van der Waals surface area contributed by atoms with Gasteiger partial charge in [0.15, 0.2) is 4.90 Å². The minimum Gasteiger partial charge on any atom is -0.465 e. The van der Waals surface area contributed by atoms with Crippen molar-refractivity contribution in [1.82, 2.24) is 9.62 Å². The number of halogens is 2. The molecule has 0 heterocycles. The molecule has 0 fully saturated rings. The first-order chi connectivity index (χ1) is 19.6. The van der Waals surface area contributed by atoms with Gasteiger partial charge >= 0.3 is 12.1 Å². The van der Waals surface area contributed by atoms with E-state index < -0.39 is 50.2 Å². The van der Waals surface area contributed by atoms with Crippen molar-refractivity contribution in [3.8, 4) is 11.8 Å². The summed E-state index contributed by atoms with van der Waals surface area (Å²) in [7, 11) is -4.59. The lowest BCUT2D eigenvalue weighted by atomic mass is 10.1. The van der Waals surface area contributed by atoms with Gasteiger partial charge in [0.1, 0.15) is 12.6 Å². The van der Waals surface area contributed by atoms with Crippen LogP contribution >= 0.6 is 23.2 Å². The summed E-state index contributed by atoms with van der Waals surface area (Å²) in [6.07, 6.45) is 1.23. The third-order valence-electron chi connectivity index (χ3n) is 5.53. The number of unbranched alkanes of at least 4 members (excludes halogenated alkanes) is 1. The average Bonchev–Trinajstić information content (AvgIpc) is 2.95. The largest absolute Gasteiger partial charge is 0.465 e. The molecule has 0 aliphatic rings. The lowest BCUT2D eigenvalue weighted by Crippen LogP contribution is -2.46. The lowest BCUT2D eigenvalue weighted by molar-refractivity contribution is -0.387. The zero-order chi connectivity index (χ0) is 30.3. The molecule has 0 radical (unpaired) electrons. The summed E-state index contributed by atoms with van der Waals surface area (Å²) in [5, 5.41) is 14.6. The Labute approximate surface area is 248 Å². The van der Waals surface area contributed by atoms with Crippen LogP contribution in [-0.4, -0.2) is 55.4 Å². The molecule has 0 aromatic heterocycles. The normalized spacial score (nSPS) is 11.9. The van der Waals surface area contributed by atoms with Gasteiger partial charge in [-0.3, -0.25) is 14.9 Å². The molecule has 14 heteroatoms. The van der Waals surface area contributed by atoms with Gasteiger partial charge in [-0.15, -0.1) is 0 Å². The molecule has 1 amide bonds. The number of ether oxygens (including phenoxy) is 2. The second kappa shape index (κ2) is 17.2. The second-order valence-electron chi connectivity index (χ2n) is 8.25. The highest BCUT2D eigenvalue weighted by Crippen LogP contribution is 2.29. The van der Waals surface area contributed by atoms with Gasteiger partial charge in [-0.1, -0.05) is 65.4 Å². The van der Waals surface area contributed by atoms with Crippen LogP contribution in [0.5, 0.6) is 0 Å². The first-order valence-corrected chi connectivity index (χ1v) is 14.7. The summed E-state index contributed by atoms with van der Waals surface area (Å²) in [5.74, 6) is 4.31. The van der Waals surface area contributed by atoms with E-state index in [-0.39, 0.29) is 32.6 Å². The summed E-state index contributed by atoms with van der Waals surface area (Å²) < 4.78 is 38.4. The molecular weight excluding hydrogens is 597 g/mol. The van der Waals surface area contributed by atoms with E-state index in [1.54, 1.807) is 31.2 Å². The van der Waals surface area contributed by atoms with E-state index in [9.17, 15) is 28.1 Å². The molecule has 0 aliphatic heterocycles. The van der Waals surface area contributed by atoms with Gasteiger partial charge in [0.2, 0.25) is 0 Å². The van der Waals surface area contributed by atoms with Crippen molar-refractivity contribution in [2.75, 3.05) is 19.7 Å². The Morgan fingerprint density at radius 3 is 2.54 bits per heavy atom. The van der Waals surface area contributed by atoms with E-state index >= 15 is 0 Å². The average molecular weight is 627 g/mol. The minimum absolute atomic E-state index is 0.0118. The molecule has 0 spiro atoms. The molecule has 1 atom stereocenters. The number of nitro benzene ring substituents is 1. The molecule has 2 aromatic rings. The predicted molar refractivity (Wildman–Crippen MR) is 154 cm³/mol. The molecule has 1 N–H and O–H groups in total. The van der Waals surface area contributed by atoms with Crippen LogP contribution in [-0.2, 0) is 30.9 Å². The monoisotopic (exact) mass is 625 g/mol. The molecule has 220 valence electrons. The van der Waals surface area contributed by atoms with E-state index in [0.717, 1.165) is 22.0 Å². The number of amides is 1. The van der Waals surface area contributed by atoms with Crippen LogP contribution < -0.4 is 5.32 Å². The third-order valence-corrected chi connectivity index (χ3v) is 7.93. The predicted octanol–water partition coefficient (Wildman–Crippen LogP) is 5.02. The van der Waals surface area contributed by atoms with Crippen molar-refractivity contribution in [2.45, 2.75) is 43.7 Å². The standard InChI is InChI=1S/C27H29Cl2N3O8S/c1-2-39-26(33)24(15-8-10-18-30-27(34)40-20-21-12-4-5-13-22(21)29)31(19-11-3-9-17-28)41(37,38)25-16-7-6-14-23(25)32(35)36/h4-7,9,12-14,16-17,24H,2,8,10,15,18-20H2,1H3,(H,30,34)/b17-9-/t24-/m0/s1. The number of carbonyl (C=O) groups excluding carboxylic acids is 2. The number of carbonyl (C=O) groups is 2. The van der Waals surface area contributed by atoms with Gasteiger partial charge < -0.3 is 14.8 Å². The van der Waals surface area contributed by atoms with Crippen LogP contribution in [0, 0.1) is 22.0 Å². The van der Waals surface area contributed by atoms with Crippen LogP contribution in [0.3, 0.4) is 0 Å². The Balaban J connectivity index is 2.17. The van der Waals surface area contributed by atoms with Gasteiger partial charge in [-0.05, 0) is 44.4 Å². The Morgan fingerprint density at radius 1 is 1.15 bits per heavy atom. The van der Waals surface area contributed by atoms with Gasteiger partial charge in [0.05, 0.1) is 18.1 Å². The Kier molecular flexibility index (Phi) is 14.1. The zero-order valence-electron chi connectivity index (χ0n) is 22.1. The SMILES string of the molecule is CCOC(=O)[C@H](CCCCNC(=O)OCc1ccccc1Cl)N(CC#C/C=C\Cl)S(=O)(=O)c1ccccc1[N+](=O)[O-]. The highest BCUT2D eigenvalue weighted by Gasteiger charge is 2.39. The lowest BCUT2D eigenvalue weighted by Gasteiger charge is -2.28. The first kappa shape index (κ1) is 33.6. The Hall–Kier alpha value is -3.63.